The first-order valence-electron chi connectivity index (χ1n) is 5.94. The lowest BCUT2D eigenvalue weighted by atomic mass is 9.87. The first-order chi connectivity index (χ1) is 7.32. The summed E-state index contributed by atoms with van der Waals surface area (Å²) < 4.78 is 10.9. The van der Waals surface area contributed by atoms with Crippen LogP contribution in [0.25, 0.3) is 0 Å². The Morgan fingerprint density at radius 2 is 2.12 bits per heavy atom. The summed E-state index contributed by atoms with van der Waals surface area (Å²) >= 11 is 0. The fraction of sp³-hybridized carbons (Fsp3) is 0.917. The van der Waals surface area contributed by atoms with Gasteiger partial charge < -0.3 is 14.4 Å². The maximum absolute atomic E-state index is 11.9. The second kappa shape index (κ2) is 3.62. The van der Waals surface area contributed by atoms with Crippen LogP contribution in [0.15, 0.2) is 0 Å². The lowest BCUT2D eigenvalue weighted by Gasteiger charge is -2.36. The Hall–Kier alpha value is -0.770. The highest BCUT2D eigenvalue weighted by Crippen LogP contribution is 2.42. The van der Waals surface area contributed by atoms with Crippen molar-refractivity contribution in [2.45, 2.75) is 45.3 Å². The van der Waals surface area contributed by atoms with Crippen LogP contribution < -0.4 is 0 Å². The second-order valence-electron chi connectivity index (χ2n) is 5.93. The van der Waals surface area contributed by atoms with Gasteiger partial charge in [-0.3, -0.25) is 0 Å². The number of nitrogens with zero attached hydrogens (tertiary/aromatic N) is 1. The van der Waals surface area contributed by atoms with E-state index in [9.17, 15) is 4.79 Å². The molecule has 2 atom stereocenters. The SMILES string of the molecule is CC1CN(C(=O)OC(C)(C)C)CCC12CO2. The number of carbonyl (C=O) groups excluding carboxylic acids is 1. The van der Waals surface area contributed by atoms with Crippen LogP contribution in [0.5, 0.6) is 0 Å². The number of hydrogen-bond acceptors (Lipinski definition) is 3. The molecule has 4 heteroatoms. The maximum Gasteiger partial charge on any atom is 0.410 e. The van der Waals surface area contributed by atoms with Gasteiger partial charge in [0.15, 0.2) is 0 Å². The molecule has 0 aliphatic carbocycles. The molecule has 4 nitrogen and oxygen atoms in total. The molecule has 0 radical (unpaired) electrons. The Labute approximate surface area is 96.9 Å². The Balaban J connectivity index is 1.90. The standard InChI is InChI=1S/C12H21NO3/c1-9-7-13(6-5-12(9)8-15-12)10(14)16-11(2,3)4/h9H,5-8H2,1-4H3. The van der Waals surface area contributed by atoms with Gasteiger partial charge in [-0.1, -0.05) is 6.92 Å². The van der Waals surface area contributed by atoms with Crippen molar-refractivity contribution in [1.82, 2.24) is 4.90 Å². The molecule has 2 saturated heterocycles. The van der Waals surface area contributed by atoms with E-state index in [1.54, 1.807) is 4.90 Å². The summed E-state index contributed by atoms with van der Waals surface area (Å²) in [6.45, 7) is 10.2. The van der Waals surface area contributed by atoms with Gasteiger partial charge in [-0.2, -0.15) is 0 Å². The Bertz CT molecular complexity index is 291. The van der Waals surface area contributed by atoms with E-state index in [-0.39, 0.29) is 11.7 Å². The molecule has 0 saturated carbocycles. The average Bonchev–Trinajstić information content (AvgIpc) is 2.88. The molecule has 1 spiro atoms. The zero-order valence-corrected chi connectivity index (χ0v) is 10.6. The minimum atomic E-state index is -0.411. The van der Waals surface area contributed by atoms with Crippen LogP contribution in [0.2, 0.25) is 0 Å². The first kappa shape index (κ1) is 11.7. The van der Waals surface area contributed by atoms with Crippen LogP contribution in [0.1, 0.15) is 34.1 Å². The summed E-state index contributed by atoms with van der Waals surface area (Å²) in [5.41, 5.74) is -0.329. The summed E-state index contributed by atoms with van der Waals surface area (Å²) in [5, 5.41) is 0. The summed E-state index contributed by atoms with van der Waals surface area (Å²) in [6.07, 6.45) is 0.739. The highest BCUT2D eigenvalue weighted by atomic mass is 16.6. The van der Waals surface area contributed by atoms with Crippen molar-refractivity contribution >= 4 is 6.09 Å². The summed E-state index contributed by atoms with van der Waals surface area (Å²) in [6, 6.07) is 0. The van der Waals surface area contributed by atoms with E-state index in [1.807, 2.05) is 20.8 Å². The Morgan fingerprint density at radius 3 is 2.56 bits per heavy atom. The third kappa shape index (κ3) is 2.32. The molecule has 0 aromatic carbocycles. The van der Waals surface area contributed by atoms with Crippen molar-refractivity contribution in [3.8, 4) is 0 Å². The normalized spacial score (nSPS) is 34.0. The molecule has 92 valence electrons. The number of epoxide rings is 1. The molecule has 2 aliphatic heterocycles. The van der Waals surface area contributed by atoms with Gasteiger partial charge in [0.25, 0.3) is 0 Å². The smallest absolute Gasteiger partial charge is 0.410 e. The van der Waals surface area contributed by atoms with Gasteiger partial charge in [-0.15, -0.1) is 0 Å². The molecule has 0 bridgehead atoms. The molecular weight excluding hydrogens is 206 g/mol. The lowest BCUT2D eigenvalue weighted by Crippen LogP contribution is -2.48. The van der Waals surface area contributed by atoms with Gasteiger partial charge >= 0.3 is 6.09 Å². The van der Waals surface area contributed by atoms with E-state index in [1.165, 1.54) is 0 Å². The Morgan fingerprint density at radius 1 is 1.50 bits per heavy atom. The predicted octanol–water partition coefficient (Wildman–Crippen LogP) is 2.03. The third-order valence-electron chi connectivity index (χ3n) is 3.36. The van der Waals surface area contributed by atoms with E-state index in [0.29, 0.717) is 5.92 Å². The van der Waals surface area contributed by atoms with Gasteiger partial charge in [0.05, 0.1) is 12.2 Å². The number of rotatable bonds is 0. The molecule has 0 N–H and O–H groups in total. The predicted molar refractivity (Wildman–Crippen MR) is 60.3 cm³/mol. The van der Waals surface area contributed by atoms with E-state index in [2.05, 4.69) is 6.92 Å². The molecule has 2 aliphatic rings. The topological polar surface area (TPSA) is 42.1 Å². The zero-order valence-electron chi connectivity index (χ0n) is 10.6. The van der Waals surface area contributed by atoms with Gasteiger partial charge in [0.2, 0.25) is 0 Å². The van der Waals surface area contributed by atoms with Gasteiger partial charge in [0.1, 0.15) is 5.60 Å². The maximum atomic E-state index is 11.9. The highest BCUT2D eigenvalue weighted by Gasteiger charge is 2.52. The Kier molecular flexibility index (Phi) is 2.65. The van der Waals surface area contributed by atoms with E-state index in [0.717, 1.165) is 26.1 Å². The van der Waals surface area contributed by atoms with Crippen molar-refractivity contribution in [3.63, 3.8) is 0 Å². The highest BCUT2D eigenvalue weighted by molar-refractivity contribution is 5.68. The molecule has 16 heavy (non-hydrogen) atoms. The largest absolute Gasteiger partial charge is 0.444 e. The van der Waals surface area contributed by atoms with E-state index in [4.69, 9.17) is 9.47 Å². The summed E-state index contributed by atoms with van der Waals surface area (Å²) in [4.78, 5) is 13.6. The molecule has 2 rings (SSSR count). The average molecular weight is 227 g/mol. The molecule has 0 aromatic rings. The van der Waals surface area contributed by atoms with Crippen LogP contribution >= 0.6 is 0 Å². The number of carbonyl (C=O) groups is 1. The summed E-state index contributed by atoms with van der Waals surface area (Å²) in [5.74, 6) is 0.411. The molecular formula is C12H21NO3. The molecule has 2 fully saturated rings. The van der Waals surface area contributed by atoms with E-state index >= 15 is 0 Å². The van der Waals surface area contributed by atoms with Crippen molar-refractivity contribution in [1.29, 1.82) is 0 Å². The number of hydrogen-bond donors (Lipinski definition) is 0. The van der Waals surface area contributed by atoms with Gasteiger partial charge in [-0.05, 0) is 27.2 Å². The van der Waals surface area contributed by atoms with Crippen LogP contribution in [0.4, 0.5) is 4.79 Å². The third-order valence-corrected chi connectivity index (χ3v) is 3.36. The van der Waals surface area contributed by atoms with Crippen LogP contribution in [-0.2, 0) is 9.47 Å². The van der Waals surface area contributed by atoms with Gasteiger partial charge in [0, 0.05) is 19.0 Å². The first-order valence-corrected chi connectivity index (χ1v) is 5.94. The lowest BCUT2D eigenvalue weighted by molar-refractivity contribution is 0.00800. The monoisotopic (exact) mass is 227 g/mol. The minimum absolute atomic E-state index is 0.0819. The van der Waals surface area contributed by atoms with E-state index < -0.39 is 5.60 Å². The van der Waals surface area contributed by atoms with Crippen molar-refractivity contribution in [2.24, 2.45) is 5.92 Å². The number of amides is 1. The molecule has 2 heterocycles. The molecule has 1 amide bonds. The minimum Gasteiger partial charge on any atom is -0.444 e. The van der Waals surface area contributed by atoms with Crippen LogP contribution in [0.3, 0.4) is 0 Å². The van der Waals surface area contributed by atoms with Crippen LogP contribution in [-0.4, -0.2) is 41.9 Å². The fourth-order valence-corrected chi connectivity index (χ4v) is 2.17. The molecule has 2 unspecified atom stereocenters. The quantitative estimate of drug-likeness (QED) is 0.595. The number of piperidine rings is 1. The van der Waals surface area contributed by atoms with Gasteiger partial charge in [-0.25, -0.2) is 4.79 Å². The van der Waals surface area contributed by atoms with Crippen molar-refractivity contribution < 1.29 is 14.3 Å². The zero-order chi connectivity index (χ0) is 12.0. The fourth-order valence-electron chi connectivity index (χ4n) is 2.17. The van der Waals surface area contributed by atoms with Crippen molar-refractivity contribution in [3.05, 3.63) is 0 Å². The second-order valence-corrected chi connectivity index (χ2v) is 5.93. The summed E-state index contributed by atoms with van der Waals surface area (Å²) in [7, 11) is 0. The number of ether oxygens (including phenoxy) is 2. The molecule has 0 aromatic heterocycles. The van der Waals surface area contributed by atoms with Crippen molar-refractivity contribution in [2.75, 3.05) is 19.7 Å². The van der Waals surface area contributed by atoms with Crippen LogP contribution in [0, 0.1) is 5.92 Å². The number of likely N-dealkylation sites (tertiary alicyclic amines) is 1.